The standard InChI is InChI=1S/C14H14F3NO2/c15-14(16,17)12-4-2-1-3-11(12)5-6-13(19)18-7-9-20-10-8-18/h1-6H,7-10H2/b6-5+. The number of rotatable bonds is 2. The Morgan fingerprint density at radius 2 is 1.85 bits per heavy atom. The quantitative estimate of drug-likeness (QED) is 0.782. The average molecular weight is 285 g/mol. The van der Waals surface area contributed by atoms with Crippen LogP contribution in [0.5, 0.6) is 0 Å². The fraction of sp³-hybridized carbons (Fsp3) is 0.357. The molecule has 108 valence electrons. The number of nitrogens with zero attached hydrogens (tertiary/aromatic N) is 1. The molecule has 0 atom stereocenters. The summed E-state index contributed by atoms with van der Waals surface area (Å²) in [5.74, 6) is -0.301. The number of hydrogen-bond donors (Lipinski definition) is 0. The molecule has 1 heterocycles. The van der Waals surface area contributed by atoms with E-state index in [2.05, 4.69) is 0 Å². The maximum atomic E-state index is 12.8. The van der Waals surface area contributed by atoms with E-state index in [0.717, 1.165) is 6.07 Å². The van der Waals surface area contributed by atoms with E-state index in [1.807, 2.05) is 0 Å². The summed E-state index contributed by atoms with van der Waals surface area (Å²) in [5, 5.41) is 0. The molecule has 0 saturated carbocycles. The monoisotopic (exact) mass is 285 g/mol. The number of morpholine rings is 1. The molecule has 3 nitrogen and oxygen atoms in total. The smallest absolute Gasteiger partial charge is 0.378 e. The van der Waals surface area contributed by atoms with Crippen LogP contribution in [0.25, 0.3) is 6.08 Å². The largest absolute Gasteiger partial charge is 0.416 e. The molecule has 1 aliphatic heterocycles. The molecule has 0 radical (unpaired) electrons. The van der Waals surface area contributed by atoms with Crippen LogP contribution in [0.1, 0.15) is 11.1 Å². The second-order valence-corrected chi connectivity index (χ2v) is 4.36. The van der Waals surface area contributed by atoms with Crippen molar-refractivity contribution in [2.24, 2.45) is 0 Å². The Bertz CT molecular complexity index is 505. The Balaban J connectivity index is 2.13. The Hall–Kier alpha value is -1.82. The third-order valence-electron chi connectivity index (χ3n) is 2.99. The second-order valence-electron chi connectivity index (χ2n) is 4.36. The van der Waals surface area contributed by atoms with Gasteiger partial charge in [-0.25, -0.2) is 0 Å². The number of benzene rings is 1. The Morgan fingerprint density at radius 1 is 1.20 bits per heavy atom. The first-order chi connectivity index (χ1) is 9.48. The van der Waals surface area contributed by atoms with E-state index < -0.39 is 11.7 Å². The molecule has 0 N–H and O–H groups in total. The Labute approximate surface area is 114 Å². The van der Waals surface area contributed by atoms with Gasteiger partial charge in [0.2, 0.25) is 5.91 Å². The predicted molar refractivity (Wildman–Crippen MR) is 67.9 cm³/mol. The molecule has 1 aromatic rings. The van der Waals surface area contributed by atoms with Crippen LogP contribution in [0.4, 0.5) is 13.2 Å². The molecule has 0 unspecified atom stereocenters. The summed E-state index contributed by atoms with van der Waals surface area (Å²) in [6.07, 6.45) is -2.04. The lowest BCUT2D eigenvalue weighted by atomic mass is 10.1. The zero-order chi connectivity index (χ0) is 14.6. The lowest BCUT2D eigenvalue weighted by Gasteiger charge is -2.25. The molecule has 1 fully saturated rings. The molecular weight excluding hydrogens is 271 g/mol. The lowest BCUT2D eigenvalue weighted by molar-refractivity contribution is -0.137. The summed E-state index contributed by atoms with van der Waals surface area (Å²) in [5.41, 5.74) is -0.757. The fourth-order valence-electron chi connectivity index (χ4n) is 1.95. The molecule has 0 aromatic heterocycles. The fourth-order valence-corrected chi connectivity index (χ4v) is 1.95. The maximum Gasteiger partial charge on any atom is 0.416 e. The number of carbonyl (C=O) groups is 1. The number of carbonyl (C=O) groups excluding carboxylic acids is 1. The molecule has 1 amide bonds. The Morgan fingerprint density at radius 3 is 2.50 bits per heavy atom. The van der Waals surface area contributed by atoms with Crippen LogP contribution in [0, 0.1) is 0 Å². The minimum Gasteiger partial charge on any atom is -0.378 e. The van der Waals surface area contributed by atoms with Crippen LogP contribution in [-0.2, 0) is 15.7 Å². The molecule has 20 heavy (non-hydrogen) atoms. The van der Waals surface area contributed by atoms with Crippen LogP contribution in [-0.4, -0.2) is 37.1 Å². The molecule has 1 saturated heterocycles. The van der Waals surface area contributed by atoms with Gasteiger partial charge in [-0.2, -0.15) is 13.2 Å². The van der Waals surface area contributed by atoms with Crippen LogP contribution >= 0.6 is 0 Å². The zero-order valence-corrected chi connectivity index (χ0v) is 10.7. The van der Waals surface area contributed by atoms with Gasteiger partial charge in [0.25, 0.3) is 0 Å². The van der Waals surface area contributed by atoms with Gasteiger partial charge in [0.05, 0.1) is 18.8 Å². The summed E-state index contributed by atoms with van der Waals surface area (Å²) in [6.45, 7) is 1.84. The summed E-state index contributed by atoms with van der Waals surface area (Å²) in [6, 6.07) is 5.17. The number of hydrogen-bond acceptors (Lipinski definition) is 2. The van der Waals surface area contributed by atoms with Gasteiger partial charge >= 0.3 is 6.18 Å². The number of ether oxygens (including phenoxy) is 1. The molecule has 1 aromatic carbocycles. The second kappa shape index (κ2) is 6.09. The Kier molecular flexibility index (Phi) is 4.44. The van der Waals surface area contributed by atoms with Crippen LogP contribution in [0.3, 0.4) is 0 Å². The average Bonchev–Trinajstić information content (AvgIpc) is 2.45. The molecule has 6 heteroatoms. The van der Waals surface area contributed by atoms with E-state index in [1.165, 1.54) is 30.4 Å². The van der Waals surface area contributed by atoms with Gasteiger partial charge in [-0.15, -0.1) is 0 Å². The highest BCUT2D eigenvalue weighted by Gasteiger charge is 2.32. The van der Waals surface area contributed by atoms with Crippen LogP contribution in [0.15, 0.2) is 30.3 Å². The highest BCUT2D eigenvalue weighted by Crippen LogP contribution is 2.32. The summed E-state index contributed by atoms with van der Waals surface area (Å²) in [4.78, 5) is 13.4. The third-order valence-corrected chi connectivity index (χ3v) is 2.99. The van der Waals surface area contributed by atoms with Crippen molar-refractivity contribution in [1.29, 1.82) is 0 Å². The summed E-state index contributed by atoms with van der Waals surface area (Å²) < 4.78 is 43.5. The minimum absolute atomic E-state index is 0.0124. The highest BCUT2D eigenvalue weighted by atomic mass is 19.4. The van der Waals surface area contributed by atoms with Crippen LogP contribution in [0.2, 0.25) is 0 Å². The summed E-state index contributed by atoms with van der Waals surface area (Å²) in [7, 11) is 0. The maximum absolute atomic E-state index is 12.8. The van der Waals surface area contributed by atoms with E-state index in [-0.39, 0.29) is 11.5 Å². The molecular formula is C14H14F3NO2. The van der Waals surface area contributed by atoms with Crippen molar-refractivity contribution in [1.82, 2.24) is 4.90 Å². The lowest BCUT2D eigenvalue weighted by Crippen LogP contribution is -2.39. The van der Waals surface area contributed by atoms with E-state index in [9.17, 15) is 18.0 Å². The zero-order valence-electron chi connectivity index (χ0n) is 10.7. The van der Waals surface area contributed by atoms with E-state index in [4.69, 9.17) is 4.74 Å². The first kappa shape index (κ1) is 14.6. The SMILES string of the molecule is O=C(/C=C/c1ccccc1C(F)(F)F)N1CCOCC1. The normalized spacial score (nSPS) is 16.6. The number of alkyl halides is 3. The van der Waals surface area contributed by atoms with Crippen molar-refractivity contribution in [3.63, 3.8) is 0 Å². The minimum atomic E-state index is -4.43. The van der Waals surface area contributed by atoms with Gasteiger partial charge in [0.15, 0.2) is 0 Å². The van der Waals surface area contributed by atoms with Gasteiger partial charge in [-0.3, -0.25) is 4.79 Å². The summed E-state index contributed by atoms with van der Waals surface area (Å²) >= 11 is 0. The number of halogens is 3. The van der Waals surface area contributed by atoms with Crippen molar-refractivity contribution < 1.29 is 22.7 Å². The van der Waals surface area contributed by atoms with Crippen molar-refractivity contribution in [2.45, 2.75) is 6.18 Å². The highest BCUT2D eigenvalue weighted by molar-refractivity contribution is 5.92. The third kappa shape index (κ3) is 3.60. The van der Waals surface area contributed by atoms with Gasteiger partial charge in [0.1, 0.15) is 0 Å². The van der Waals surface area contributed by atoms with E-state index in [0.29, 0.717) is 26.3 Å². The molecule has 1 aliphatic rings. The first-order valence-electron chi connectivity index (χ1n) is 6.19. The van der Waals surface area contributed by atoms with Gasteiger partial charge in [-0.05, 0) is 17.7 Å². The van der Waals surface area contributed by atoms with Crippen molar-refractivity contribution in [3.05, 3.63) is 41.5 Å². The molecule has 2 rings (SSSR count). The first-order valence-corrected chi connectivity index (χ1v) is 6.19. The van der Waals surface area contributed by atoms with Gasteiger partial charge < -0.3 is 9.64 Å². The van der Waals surface area contributed by atoms with E-state index >= 15 is 0 Å². The van der Waals surface area contributed by atoms with Crippen molar-refractivity contribution in [3.8, 4) is 0 Å². The van der Waals surface area contributed by atoms with Crippen LogP contribution < -0.4 is 0 Å². The number of amides is 1. The van der Waals surface area contributed by atoms with Gasteiger partial charge in [-0.1, -0.05) is 18.2 Å². The topological polar surface area (TPSA) is 29.5 Å². The molecule has 0 aliphatic carbocycles. The predicted octanol–water partition coefficient (Wildman–Crippen LogP) is 2.58. The molecule has 0 bridgehead atoms. The van der Waals surface area contributed by atoms with Crippen molar-refractivity contribution in [2.75, 3.05) is 26.3 Å². The van der Waals surface area contributed by atoms with E-state index in [1.54, 1.807) is 4.90 Å². The molecule has 0 spiro atoms. The van der Waals surface area contributed by atoms with Gasteiger partial charge in [0, 0.05) is 19.2 Å². The van der Waals surface area contributed by atoms with Crippen molar-refractivity contribution >= 4 is 12.0 Å².